The normalized spacial score (nSPS) is 14.3. The predicted octanol–water partition coefficient (Wildman–Crippen LogP) is 5.71. The van der Waals surface area contributed by atoms with Crippen LogP contribution >= 0.6 is 11.8 Å². The highest BCUT2D eigenvalue weighted by atomic mass is 32.2. The van der Waals surface area contributed by atoms with Crippen LogP contribution in [0.4, 0.5) is 35.0 Å². The number of carbonyl (C=O) groups is 2. The highest BCUT2D eigenvalue weighted by Crippen LogP contribution is 2.33. The fourth-order valence-electron chi connectivity index (χ4n) is 4.28. The molecule has 1 N–H and O–H groups in total. The first-order valence-electron chi connectivity index (χ1n) is 13.0. The lowest BCUT2D eigenvalue weighted by Gasteiger charge is -2.22. The number of nitrogens with zero attached hydrogens (tertiary/aromatic N) is 6. The van der Waals surface area contributed by atoms with Crippen molar-refractivity contribution in [3.8, 4) is 22.7 Å². The fourth-order valence-corrected chi connectivity index (χ4v) is 5.14. The number of rotatable bonds is 8. The number of benzene rings is 3. The summed E-state index contributed by atoms with van der Waals surface area (Å²) >= 11 is 1.17. The number of hydrogen-bond donors (Lipinski definition) is 1. The quantitative estimate of drug-likeness (QED) is 0.265. The van der Waals surface area contributed by atoms with E-state index in [9.17, 15) is 22.8 Å². The molecule has 0 radical (unpaired) electrons. The molecule has 228 valence electrons. The summed E-state index contributed by atoms with van der Waals surface area (Å²) < 4.78 is 47.9. The van der Waals surface area contributed by atoms with Crippen molar-refractivity contribution in [2.45, 2.75) is 13.0 Å². The minimum atomic E-state index is -4.78. The molecule has 1 fully saturated rings. The number of methoxy groups -OCH3 is 1. The number of amides is 3. The summed E-state index contributed by atoms with van der Waals surface area (Å²) in [7, 11) is 5.35. The Balaban J connectivity index is 1.28. The number of ether oxygens (including phenoxy) is 2. The van der Waals surface area contributed by atoms with Crippen LogP contribution in [0.2, 0.25) is 0 Å². The van der Waals surface area contributed by atoms with Crippen LogP contribution in [0.25, 0.3) is 16.9 Å². The monoisotopic (exact) mass is 625 g/mol. The Morgan fingerprint density at radius 2 is 1.82 bits per heavy atom. The van der Waals surface area contributed by atoms with Crippen molar-refractivity contribution in [3.63, 3.8) is 0 Å². The Morgan fingerprint density at radius 3 is 2.48 bits per heavy atom. The number of aliphatic imine (C=N–C) groups is 1. The third kappa shape index (κ3) is 7.18. The molecule has 3 aromatic carbocycles. The predicted molar refractivity (Wildman–Crippen MR) is 161 cm³/mol. The Morgan fingerprint density at radius 1 is 1.09 bits per heavy atom. The van der Waals surface area contributed by atoms with Gasteiger partial charge in [-0.2, -0.15) is 4.99 Å². The number of carbonyl (C=O) groups excluding carboxylic acids is 2. The van der Waals surface area contributed by atoms with Gasteiger partial charge < -0.3 is 19.7 Å². The van der Waals surface area contributed by atoms with Gasteiger partial charge in [-0.15, -0.1) is 18.3 Å². The molecule has 1 aliphatic heterocycles. The lowest BCUT2D eigenvalue weighted by atomic mass is 10.1. The van der Waals surface area contributed by atoms with Crippen molar-refractivity contribution in [1.82, 2.24) is 15.0 Å². The highest BCUT2D eigenvalue weighted by Gasteiger charge is 2.33. The van der Waals surface area contributed by atoms with Crippen molar-refractivity contribution < 1.29 is 32.2 Å². The van der Waals surface area contributed by atoms with Gasteiger partial charge in [-0.25, -0.2) is 9.48 Å². The number of halogens is 3. The van der Waals surface area contributed by atoms with E-state index in [2.05, 4.69) is 25.4 Å². The van der Waals surface area contributed by atoms with Crippen LogP contribution in [0.15, 0.2) is 77.9 Å². The molecule has 4 aromatic rings. The van der Waals surface area contributed by atoms with Crippen LogP contribution in [0.5, 0.6) is 5.75 Å². The molecule has 44 heavy (non-hydrogen) atoms. The van der Waals surface area contributed by atoms with Crippen LogP contribution < -0.4 is 19.9 Å². The number of nitrogens with one attached hydrogen (secondary N) is 1. The number of urea groups is 1. The Bertz CT molecular complexity index is 1690. The van der Waals surface area contributed by atoms with Crippen molar-refractivity contribution in [2.24, 2.45) is 4.99 Å². The first kappa shape index (κ1) is 30.6. The van der Waals surface area contributed by atoms with E-state index in [4.69, 9.17) is 4.74 Å². The molecule has 3 amide bonds. The van der Waals surface area contributed by atoms with Crippen LogP contribution in [0.1, 0.15) is 5.56 Å². The molecule has 0 atom stereocenters. The van der Waals surface area contributed by atoms with E-state index in [1.54, 1.807) is 37.6 Å². The maximum absolute atomic E-state index is 12.9. The zero-order valence-corrected chi connectivity index (χ0v) is 24.5. The van der Waals surface area contributed by atoms with E-state index in [0.717, 1.165) is 11.3 Å². The molecule has 1 aromatic heterocycles. The van der Waals surface area contributed by atoms with Crippen LogP contribution in [0.3, 0.4) is 0 Å². The van der Waals surface area contributed by atoms with Gasteiger partial charge in [0.05, 0.1) is 29.9 Å². The van der Waals surface area contributed by atoms with Gasteiger partial charge in [0.15, 0.2) is 5.17 Å². The van der Waals surface area contributed by atoms with Gasteiger partial charge in [0.25, 0.3) is 0 Å². The van der Waals surface area contributed by atoms with Crippen molar-refractivity contribution in [1.29, 1.82) is 0 Å². The van der Waals surface area contributed by atoms with Gasteiger partial charge in [0, 0.05) is 43.7 Å². The lowest BCUT2D eigenvalue weighted by Crippen LogP contribution is -2.31. The van der Waals surface area contributed by atoms with Gasteiger partial charge in [-0.3, -0.25) is 9.69 Å². The van der Waals surface area contributed by atoms with E-state index in [1.807, 2.05) is 37.2 Å². The third-order valence-electron chi connectivity index (χ3n) is 6.35. The number of hydrogen-bond acceptors (Lipinski definition) is 8. The van der Waals surface area contributed by atoms with E-state index in [1.165, 1.54) is 45.6 Å². The van der Waals surface area contributed by atoms with Crippen LogP contribution in [-0.4, -0.2) is 65.4 Å². The van der Waals surface area contributed by atoms with Gasteiger partial charge in [0.2, 0.25) is 5.91 Å². The topological polar surface area (TPSA) is 114 Å². The van der Waals surface area contributed by atoms with Crippen molar-refractivity contribution in [3.05, 3.63) is 78.5 Å². The molecule has 5 rings (SSSR count). The molecule has 1 saturated heterocycles. The number of anilines is 3. The molecule has 2 heterocycles. The van der Waals surface area contributed by atoms with Crippen LogP contribution in [-0.2, 0) is 16.1 Å². The molecular weight excluding hydrogens is 599 g/mol. The molecule has 11 nitrogen and oxygen atoms in total. The molecule has 0 spiro atoms. The SMILES string of the molecule is COCc1ccc(N(C)C)cc1N1C(=O)CSC1=NC(=O)Nc1ccc(-c2cn(-c3ccc(OC(F)(F)F)cc3)nn2)cc1. The van der Waals surface area contributed by atoms with E-state index in [0.29, 0.717) is 28.3 Å². The summed E-state index contributed by atoms with van der Waals surface area (Å²) in [6.45, 7) is 0.278. The maximum Gasteiger partial charge on any atom is 0.573 e. The minimum absolute atomic E-state index is 0.144. The van der Waals surface area contributed by atoms with Crippen molar-refractivity contribution >= 4 is 45.9 Å². The summed E-state index contributed by atoms with van der Waals surface area (Å²) in [4.78, 5) is 33.3. The standard InChI is InChI=1S/C29H26F3N7O4S/c1-37(2)22-9-6-19(16-42-3)25(14-22)39-26(40)17-44-28(39)34-27(41)33-20-7-4-18(5-8-20)24-15-38(36-35-24)21-10-12-23(13-11-21)43-29(30,31)32/h4-15H,16-17H2,1-3H3,(H,33,41). The molecule has 0 bridgehead atoms. The Labute approximate surface area is 254 Å². The second-order valence-electron chi connectivity index (χ2n) is 9.65. The lowest BCUT2D eigenvalue weighted by molar-refractivity contribution is -0.274. The van der Waals surface area contributed by atoms with Gasteiger partial charge in [-0.05, 0) is 48.5 Å². The Kier molecular flexibility index (Phi) is 8.87. The summed E-state index contributed by atoms with van der Waals surface area (Å²) in [6, 6.07) is 17.0. The number of alkyl halides is 3. The van der Waals surface area contributed by atoms with E-state index >= 15 is 0 Å². The number of thioether (sulfide) groups is 1. The zero-order chi connectivity index (χ0) is 31.4. The summed E-state index contributed by atoms with van der Waals surface area (Å²) in [6.07, 6.45) is -3.16. The molecule has 0 saturated carbocycles. The van der Waals surface area contributed by atoms with E-state index < -0.39 is 12.4 Å². The maximum atomic E-state index is 12.9. The first-order chi connectivity index (χ1) is 21.0. The Hall–Kier alpha value is -4.89. The first-order valence-corrected chi connectivity index (χ1v) is 14.0. The van der Waals surface area contributed by atoms with Crippen LogP contribution in [0, 0.1) is 0 Å². The summed E-state index contributed by atoms with van der Waals surface area (Å²) in [5, 5.41) is 11.1. The third-order valence-corrected chi connectivity index (χ3v) is 7.27. The zero-order valence-electron chi connectivity index (χ0n) is 23.7. The second kappa shape index (κ2) is 12.8. The van der Waals surface area contributed by atoms with E-state index in [-0.39, 0.29) is 29.2 Å². The average molecular weight is 626 g/mol. The average Bonchev–Trinajstić information content (AvgIpc) is 3.60. The summed E-state index contributed by atoms with van der Waals surface area (Å²) in [5.74, 6) is -0.395. The number of amidine groups is 1. The molecule has 0 aliphatic carbocycles. The minimum Gasteiger partial charge on any atom is -0.406 e. The highest BCUT2D eigenvalue weighted by molar-refractivity contribution is 8.15. The smallest absolute Gasteiger partial charge is 0.406 e. The molecular formula is C29H26F3N7O4S. The molecule has 0 unspecified atom stereocenters. The second-order valence-corrected chi connectivity index (χ2v) is 10.6. The number of aromatic nitrogens is 3. The van der Waals surface area contributed by atoms with Crippen molar-refractivity contribution in [2.75, 3.05) is 42.1 Å². The largest absolute Gasteiger partial charge is 0.573 e. The van der Waals surface area contributed by atoms with Gasteiger partial charge in [-0.1, -0.05) is 35.2 Å². The molecule has 1 aliphatic rings. The fraction of sp³-hybridized carbons (Fsp3) is 0.207. The van der Waals surface area contributed by atoms with Gasteiger partial charge >= 0.3 is 12.4 Å². The molecule has 15 heteroatoms. The van der Waals surface area contributed by atoms with Gasteiger partial charge in [0.1, 0.15) is 11.4 Å². The summed E-state index contributed by atoms with van der Waals surface area (Å²) in [5.41, 5.74) is 4.40.